The molecular weight excluding hydrogens is 328 g/mol. The number of amides is 1. The summed E-state index contributed by atoms with van der Waals surface area (Å²) in [6.07, 6.45) is 8.81. The maximum atomic E-state index is 12.2. The molecule has 1 fully saturated rings. The van der Waals surface area contributed by atoms with Gasteiger partial charge in [-0.2, -0.15) is 4.99 Å². The second-order valence-corrected chi connectivity index (χ2v) is 6.75. The van der Waals surface area contributed by atoms with Gasteiger partial charge in [-0.05, 0) is 37.5 Å². The molecule has 7 heteroatoms. The lowest BCUT2D eigenvalue weighted by molar-refractivity contribution is -0.114. The molecule has 24 heavy (non-hydrogen) atoms. The molecule has 4 unspecified atom stereocenters. The molecule has 4 N–H and O–H groups in total. The molecule has 0 aromatic carbocycles. The third-order valence-corrected chi connectivity index (χ3v) is 5.09. The molecule has 1 saturated heterocycles. The topological polar surface area (TPSA) is 93.9 Å². The molecule has 1 amide bonds. The van der Waals surface area contributed by atoms with Gasteiger partial charge in [0.1, 0.15) is 0 Å². The Bertz CT molecular complexity index is 637. The number of nitrogens with two attached hydrogens (primary N) is 2. The van der Waals surface area contributed by atoms with E-state index in [-0.39, 0.29) is 29.4 Å². The minimum Gasteiger partial charge on any atom is -0.373 e. The van der Waals surface area contributed by atoms with Gasteiger partial charge in [-0.3, -0.25) is 9.69 Å². The zero-order chi connectivity index (χ0) is 17.3. The van der Waals surface area contributed by atoms with Crippen LogP contribution < -0.4 is 11.5 Å². The highest BCUT2D eigenvalue weighted by molar-refractivity contribution is 6.24. The summed E-state index contributed by atoms with van der Waals surface area (Å²) in [5.41, 5.74) is 12.2. The van der Waals surface area contributed by atoms with Crippen molar-refractivity contribution in [3.63, 3.8) is 0 Å². The van der Waals surface area contributed by atoms with Crippen LogP contribution in [0.3, 0.4) is 0 Å². The molecular formula is C17H23ClN4O2. The van der Waals surface area contributed by atoms with Crippen molar-refractivity contribution >= 4 is 23.5 Å². The van der Waals surface area contributed by atoms with Crippen LogP contribution in [0.25, 0.3) is 0 Å². The maximum Gasteiger partial charge on any atom is 0.279 e. The van der Waals surface area contributed by atoms with Crippen molar-refractivity contribution in [2.75, 3.05) is 19.7 Å². The molecule has 2 heterocycles. The third-order valence-electron chi connectivity index (χ3n) is 4.69. The fraction of sp³-hybridized carbons (Fsp3) is 0.529. The summed E-state index contributed by atoms with van der Waals surface area (Å²) in [6, 6.07) is 0.205. The quantitative estimate of drug-likeness (QED) is 0.342. The Morgan fingerprint density at radius 1 is 1.46 bits per heavy atom. The second-order valence-electron chi connectivity index (χ2n) is 6.28. The zero-order valence-corrected chi connectivity index (χ0v) is 14.4. The number of hydrogen-bond acceptors (Lipinski definition) is 3. The summed E-state index contributed by atoms with van der Waals surface area (Å²) in [7, 11) is 0. The van der Waals surface area contributed by atoms with E-state index in [4.69, 9.17) is 27.8 Å². The van der Waals surface area contributed by atoms with Gasteiger partial charge in [0.15, 0.2) is 5.96 Å². The van der Waals surface area contributed by atoms with Crippen molar-refractivity contribution in [1.82, 2.24) is 4.90 Å². The molecule has 0 aromatic heterocycles. The average Bonchev–Trinajstić information content (AvgIpc) is 2.92. The van der Waals surface area contributed by atoms with E-state index < -0.39 is 5.91 Å². The van der Waals surface area contributed by atoms with Crippen LogP contribution in [0, 0.1) is 5.92 Å². The van der Waals surface area contributed by atoms with E-state index in [1.807, 2.05) is 31.2 Å². The van der Waals surface area contributed by atoms with Crippen LogP contribution in [0.2, 0.25) is 0 Å². The van der Waals surface area contributed by atoms with E-state index >= 15 is 0 Å². The lowest BCUT2D eigenvalue weighted by Gasteiger charge is -2.36. The molecule has 4 atom stereocenters. The first-order valence-electron chi connectivity index (χ1n) is 8.25. The number of aliphatic imine (C=N–C) groups is 1. The first kappa shape index (κ1) is 17.2. The van der Waals surface area contributed by atoms with Crippen LogP contribution in [0.15, 0.2) is 40.4 Å². The number of carbonyl (C=O) groups excluding carboxylic acids is 1. The monoisotopic (exact) mass is 350 g/mol. The summed E-state index contributed by atoms with van der Waals surface area (Å²) in [5.74, 6) is -0.399. The lowest BCUT2D eigenvalue weighted by atomic mass is 9.83. The number of halogens is 1. The van der Waals surface area contributed by atoms with Crippen molar-refractivity contribution in [3.05, 3.63) is 35.5 Å². The van der Waals surface area contributed by atoms with Gasteiger partial charge in [0.25, 0.3) is 5.91 Å². The van der Waals surface area contributed by atoms with Gasteiger partial charge in [0, 0.05) is 24.8 Å². The van der Waals surface area contributed by atoms with Gasteiger partial charge in [0.2, 0.25) is 0 Å². The van der Waals surface area contributed by atoms with Gasteiger partial charge in [-0.1, -0.05) is 18.2 Å². The van der Waals surface area contributed by atoms with E-state index in [0.717, 1.165) is 25.1 Å². The number of hydrogen-bond donors (Lipinski definition) is 2. The van der Waals surface area contributed by atoms with E-state index in [1.54, 1.807) is 0 Å². The Labute approximate surface area is 146 Å². The molecule has 6 nitrogen and oxygen atoms in total. The molecule has 3 aliphatic rings. The molecule has 0 saturated carbocycles. The van der Waals surface area contributed by atoms with Gasteiger partial charge < -0.3 is 16.2 Å². The number of guanidine groups is 1. The highest BCUT2D eigenvalue weighted by Gasteiger charge is 2.41. The molecule has 0 radical (unpaired) electrons. The lowest BCUT2D eigenvalue weighted by Crippen LogP contribution is -2.43. The summed E-state index contributed by atoms with van der Waals surface area (Å²) in [6.45, 7) is 4.45. The number of ether oxygens (including phenoxy) is 1. The van der Waals surface area contributed by atoms with Gasteiger partial charge in [-0.15, -0.1) is 11.6 Å². The average molecular weight is 351 g/mol. The highest BCUT2D eigenvalue weighted by atomic mass is 35.5. The van der Waals surface area contributed by atoms with Crippen molar-refractivity contribution in [1.29, 1.82) is 0 Å². The number of rotatable bonds is 3. The molecule has 0 bridgehead atoms. The predicted octanol–water partition coefficient (Wildman–Crippen LogP) is 0.926. The molecule has 0 spiro atoms. The summed E-state index contributed by atoms with van der Waals surface area (Å²) in [5, 5.41) is -0.281. The minimum absolute atomic E-state index is 0.0465. The third kappa shape index (κ3) is 3.41. The number of alkyl halides is 1. The maximum absolute atomic E-state index is 12.2. The van der Waals surface area contributed by atoms with Crippen LogP contribution in [-0.4, -0.2) is 54.0 Å². The number of nitrogens with zero attached hydrogens (tertiary/aromatic N) is 2. The van der Waals surface area contributed by atoms with Crippen LogP contribution in [0.1, 0.15) is 13.3 Å². The van der Waals surface area contributed by atoms with Crippen LogP contribution in [0.5, 0.6) is 0 Å². The Morgan fingerprint density at radius 2 is 2.25 bits per heavy atom. The smallest absolute Gasteiger partial charge is 0.279 e. The SMILES string of the molecule is CCOC1C=CC(Cl)C2=CC(C(=O)N=C(N)N)=CC3CCN(C1)C23. The number of carbonyl (C=O) groups is 1. The molecule has 3 rings (SSSR count). The van der Waals surface area contributed by atoms with E-state index in [2.05, 4.69) is 9.89 Å². The minimum atomic E-state index is -0.415. The Hall–Kier alpha value is -1.63. The predicted molar refractivity (Wildman–Crippen MR) is 94.6 cm³/mol. The molecule has 1 aliphatic carbocycles. The van der Waals surface area contributed by atoms with E-state index in [9.17, 15) is 4.79 Å². The van der Waals surface area contributed by atoms with Gasteiger partial charge in [-0.25, -0.2) is 0 Å². The molecule has 2 aliphatic heterocycles. The normalized spacial score (nSPS) is 32.2. The summed E-state index contributed by atoms with van der Waals surface area (Å²) >= 11 is 6.61. The largest absolute Gasteiger partial charge is 0.373 e. The van der Waals surface area contributed by atoms with Crippen molar-refractivity contribution in [2.24, 2.45) is 22.4 Å². The Balaban J connectivity index is 1.93. The van der Waals surface area contributed by atoms with Gasteiger partial charge >= 0.3 is 0 Å². The second kappa shape index (κ2) is 7.09. The van der Waals surface area contributed by atoms with E-state index in [1.165, 1.54) is 0 Å². The zero-order valence-electron chi connectivity index (χ0n) is 13.7. The first-order chi connectivity index (χ1) is 11.5. The van der Waals surface area contributed by atoms with Crippen LogP contribution >= 0.6 is 11.6 Å². The van der Waals surface area contributed by atoms with Crippen molar-refractivity contribution in [3.8, 4) is 0 Å². The Morgan fingerprint density at radius 3 is 2.96 bits per heavy atom. The fourth-order valence-electron chi connectivity index (χ4n) is 3.77. The Kier molecular flexibility index (Phi) is 5.08. The van der Waals surface area contributed by atoms with Crippen LogP contribution in [0.4, 0.5) is 0 Å². The molecule has 0 aromatic rings. The fourth-order valence-corrected chi connectivity index (χ4v) is 4.04. The first-order valence-corrected chi connectivity index (χ1v) is 8.68. The summed E-state index contributed by atoms with van der Waals surface area (Å²) < 4.78 is 5.78. The van der Waals surface area contributed by atoms with E-state index in [0.29, 0.717) is 12.2 Å². The van der Waals surface area contributed by atoms with Gasteiger partial charge in [0.05, 0.1) is 11.5 Å². The summed E-state index contributed by atoms with van der Waals surface area (Å²) in [4.78, 5) is 18.2. The van der Waals surface area contributed by atoms with Crippen molar-refractivity contribution in [2.45, 2.75) is 30.9 Å². The number of allylic oxidation sites excluding steroid dienone is 1. The highest BCUT2D eigenvalue weighted by Crippen LogP contribution is 2.39. The molecule has 130 valence electrons. The van der Waals surface area contributed by atoms with Crippen molar-refractivity contribution < 1.29 is 9.53 Å². The standard InChI is InChI=1S/C17H23ClN4O2/c1-2-24-12-3-4-14(18)13-8-11(16(23)21-17(19)20)7-10-5-6-22(9-12)15(10)13/h3-4,7-8,10,12,14-15H,2,5-6,9H2,1H3,(H4,19,20,21,23). The van der Waals surface area contributed by atoms with Crippen LogP contribution in [-0.2, 0) is 9.53 Å².